The van der Waals surface area contributed by atoms with Gasteiger partial charge in [0.1, 0.15) is 0 Å². The van der Waals surface area contributed by atoms with E-state index in [1.54, 1.807) is 0 Å². The second-order valence-electron chi connectivity index (χ2n) is 5.13. The SMILES string of the molecule is COC(=O)c1cccc(S(=O)(=O)N(C)[C@H](C)c2ccccc2)c1. The summed E-state index contributed by atoms with van der Waals surface area (Å²) in [6.07, 6.45) is 0. The van der Waals surface area contributed by atoms with Crippen LogP contribution in [0.2, 0.25) is 0 Å². The third kappa shape index (κ3) is 3.60. The molecule has 0 N–H and O–H groups in total. The van der Waals surface area contributed by atoms with Crippen LogP contribution < -0.4 is 0 Å². The van der Waals surface area contributed by atoms with Crippen molar-refractivity contribution < 1.29 is 17.9 Å². The van der Waals surface area contributed by atoms with Crippen LogP contribution in [0.3, 0.4) is 0 Å². The first-order valence-electron chi connectivity index (χ1n) is 7.09. The van der Waals surface area contributed by atoms with E-state index in [1.165, 1.54) is 42.7 Å². The highest BCUT2D eigenvalue weighted by molar-refractivity contribution is 7.89. The summed E-state index contributed by atoms with van der Waals surface area (Å²) in [4.78, 5) is 11.6. The van der Waals surface area contributed by atoms with Gasteiger partial charge in [0.25, 0.3) is 0 Å². The topological polar surface area (TPSA) is 63.7 Å². The molecule has 122 valence electrons. The molecule has 2 rings (SSSR count). The molecule has 6 heteroatoms. The molecule has 0 radical (unpaired) electrons. The largest absolute Gasteiger partial charge is 0.465 e. The van der Waals surface area contributed by atoms with Gasteiger partial charge in [-0.3, -0.25) is 0 Å². The van der Waals surface area contributed by atoms with Crippen molar-refractivity contribution in [1.29, 1.82) is 0 Å². The summed E-state index contributed by atoms with van der Waals surface area (Å²) in [5, 5.41) is 0. The molecular weight excluding hydrogens is 314 g/mol. The fourth-order valence-corrected chi connectivity index (χ4v) is 3.61. The minimum atomic E-state index is -3.73. The Balaban J connectivity index is 2.36. The molecule has 0 heterocycles. The molecule has 0 aliphatic heterocycles. The van der Waals surface area contributed by atoms with Gasteiger partial charge in [0, 0.05) is 13.1 Å². The molecule has 2 aromatic rings. The van der Waals surface area contributed by atoms with E-state index < -0.39 is 16.0 Å². The number of methoxy groups -OCH3 is 1. The summed E-state index contributed by atoms with van der Waals surface area (Å²) in [5.41, 5.74) is 1.09. The van der Waals surface area contributed by atoms with Gasteiger partial charge in [0.05, 0.1) is 17.6 Å². The molecule has 0 amide bonds. The summed E-state index contributed by atoms with van der Waals surface area (Å²) in [5.74, 6) is -0.569. The molecule has 23 heavy (non-hydrogen) atoms. The molecule has 1 atom stereocenters. The molecule has 0 unspecified atom stereocenters. The Labute approximate surface area is 136 Å². The molecule has 0 saturated heterocycles. The van der Waals surface area contributed by atoms with E-state index >= 15 is 0 Å². The van der Waals surface area contributed by atoms with Gasteiger partial charge in [-0.15, -0.1) is 0 Å². The maximum Gasteiger partial charge on any atom is 0.337 e. The molecule has 0 aliphatic rings. The van der Waals surface area contributed by atoms with Gasteiger partial charge in [-0.1, -0.05) is 36.4 Å². The van der Waals surface area contributed by atoms with E-state index in [4.69, 9.17) is 0 Å². The minimum Gasteiger partial charge on any atom is -0.465 e. The van der Waals surface area contributed by atoms with Crippen molar-refractivity contribution in [3.8, 4) is 0 Å². The van der Waals surface area contributed by atoms with Gasteiger partial charge in [-0.05, 0) is 30.7 Å². The van der Waals surface area contributed by atoms with Crippen molar-refractivity contribution in [1.82, 2.24) is 4.31 Å². The van der Waals surface area contributed by atoms with Crippen molar-refractivity contribution >= 4 is 16.0 Å². The third-order valence-corrected chi connectivity index (χ3v) is 5.68. The number of esters is 1. The number of sulfonamides is 1. The number of hydrogen-bond donors (Lipinski definition) is 0. The van der Waals surface area contributed by atoms with Crippen molar-refractivity contribution in [3.63, 3.8) is 0 Å². The normalized spacial score (nSPS) is 12.9. The lowest BCUT2D eigenvalue weighted by Crippen LogP contribution is -2.30. The standard InChI is InChI=1S/C17H19NO4S/c1-13(14-8-5-4-6-9-14)18(2)23(20,21)16-11-7-10-15(12-16)17(19)22-3/h4-13H,1-3H3/t13-/m1/s1. The highest BCUT2D eigenvalue weighted by Crippen LogP contribution is 2.26. The number of carbonyl (C=O) groups is 1. The fraction of sp³-hybridized carbons (Fsp3) is 0.235. The van der Waals surface area contributed by atoms with Crippen molar-refractivity contribution in [2.45, 2.75) is 17.9 Å². The Bertz CT molecular complexity index is 787. The second kappa shape index (κ2) is 6.93. The number of carbonyl (C=O) groups excluding carboxylic acids is 1. The summed E-state index contributed by atoms with van der Waals surface area (Å²) in [6.45, 7) is 1.82. The fourth-order valence-electron chi connectivity index (χ4n) is 2.22. The van der Waals surface area contributed by atoms with Gasteiger partial charge in [0.15, 0.2) is 0 Å². The van der Waals surface area contributed by atoms with Crippen LogP contribution in [0.15, 0.2) is 59.5 Å². The quantitative estimate of drug-likeness (QED) is 0.789. The lowest BCUT2D eigenvalue weighted by atomic mass is 10.1. The summed E-state index contributed by atoms with van der Waals surface area (Å²) in [6, 6.07) is 14.9. The van der Waals surface area contributed by atoms with Crippen molar-refractivity contribution in [2.24, 2.45) is 0 Å². The van der Waals surface area contributed by atoms with Crippen LogP contribution >= 0.6 is 0 Å². The van der Waals surface area contributed by atoms with Gasteiger partial charge in [0.2, 0.25) is 10.0 Å². The molecule has 5 nitrogen and oxygen atoms in total. The van der Waals surface area contributed by atoms with E-state index in [0.717, 1.165) is 5.56 Å². The molecule has 0 spiro atoms. The first-order valence-corrected chi connectivity index (χ1v) is 8.53. The van der Waals surface area contributed by atoms with E-state index in [1.807, 2.05) is 37.3 Å². The molecule has 0 saturated carbocycles. The van der Waals surface area contributed by atoms with Crippen LogP contribution in [0.5, 0.6) is 0 Å². The van der Waals surface area contributed by atoms with E-state index in [2.05, 4.69) is 4.74 Å². The van der Waals surface area contributed by atoms with E-state index in [0.29, 0.717) is 0 Å². The Hall–Kier alpha value is -2.18. The van der Waals surface area contributed by atoms with Crippen LogP contribution in [0.25, 0.3) is 0 Å². The lowest BCUT2D eigenvalue weighted by molar-refractivity contribution is 0.0600. The smallest absolute Gasteiger partial charge is 0.337 e. The number of benzene rings is 2. The van der Waals surface area contributed by atoms with Crippen LogP contribution in [-0.4, -0.2) is 32.8 Å². The summed E-state index contributed by atoms with van der Waals surface area (Å²) in [7, 11) is -0.942. The number of hydrogen-bond acceptors (Lipinski definition) is 4. The van der Waals surface area contributed by atoms with Crippen LogP contribution in [0, 0.1) is 0 Å². The van der Waals surface area contributed by atoms with E-state index in [9.17, 15) is 13.2 Å². The van der Waals surface area contributed by atoms with Crippen LogP contribution in [0.1, 0.15) is 28.9 Å². The Morgan fingerprint density at radius 2 is 1.74 bits per heavy atom. The molecule has 0 bridgehead atoms. The zero-order valence-electron chi connectivity index (χ0n) is 13.3. The van der Waals surface area contributed by atoms with Gasteiger partial charge < -0.3 is 4.74 Å². The predicted molar refractivity (Wildman–Crippen MR) is 87.6 cm³/mol. The van der Waals surface area contributed by atoms with E-state index in [-0.39, 0.29) is 16.5 Å². The number of ether oxygens (including phenoxy) is 1. The van der Waals surface area contributed by atoms with Crippen LogP contribution in [-0.2, 0) is 14.8 Å². The highest BCUT2D eigenvalue weighted by Gasteiger charge is 2.26. The Morgan fingerprint density at radius 1 is 1.09 bits per heavy atom. The molecular formula is C17H19NO4S. The maximum atomic E-state index is 12.8. The average molecular weight is 333 g/mol. The Kier molecular flexibility index (Phi) is 5.18. The predicted octanol–water partition coefficient (Wildman–Crippen LogP) is 2.85. The van der Waals surface area contributed by atoms with Crippen molar-refractivity contribution in [2.75, 3.05) is 14.2 Å². The first-order chi connectivity index (χ1) is 10.9. The Morgan fingerprint density at radius 3 is 2.35 bits per heavy atom. The molecule has 2 aromatic carbocycles. The van der Waals surface area contributed by atoms with Gasteiger partial charge in [-0.25, -0.2) is 13.2 Å². The average Bonchev–Trinajstić information content (AvgIpc) is 2.60. The molecule has 0 aromatic heterocycles. The maximum absolute atomic E-state index is 12.8. The minimum absolute atomic E-state index is 0.0608. The van der Waals surface area contributed by atoms with Crippen LogP contribution in [0.4, 0.5) is 0 Å². The van der Waals surface area contributed by atoms with Gasteiger partial charge in [-0.2, -0.15) is 4.31 Å². The zero-order chi connectivity index (χ0) is 17.0. The summed E-state index contributed by atoms with van der Waals surface area (Å²) < 4.78 is 31.5. The highest BCUT2D eigenvalue weighted by atomic mass is 32.2. The van der Waals surface area contributed by atoms with Crippen molar-refractivity contribution in [3.05, 3.63) is 65.7 Å². The first kappa shape index (κ1) is 17.2. The monoisotopic (exact) mass is 333 g/mol. The zero-order valence-corrected chi connectivity index (χ0v) is 14.1. The summed E-state index contributed by atoms with van der Waals surface area (Å²) >= 11 is 0. The number of nitrogens with zero attached hydrogens (tertiary/aromatic N) is 1. The molecule has 0 fully saturated rings. The molecule has 0 aliphatic carbocycles. The second-order valence-corrected chi connectivity index (χ2v) is 7.12. The van der Waals surface area contributed by atoms with Gasteiger partial charge >= 0.3 is 5.97 Å². The third-order valence-electron chi connectivity index (χ3n) is 3.76. The number of rotatable bonds is 5. The lowest BCUT2D eigenvalue weighted by Gasteiger charge is -2.24.